The smallest absolute Gasteiger partial charge is 0.320 e. The van der Waals surface area contributed by atoms with E-state index in [1.165, 1.54) is 19.4 Å². The quantitative estimate of drug-likeness (QED) is 0.814. The highest BCUT2D eigenvalue weighted by molar-refractivity contribution is 5.90. The fourth-order valence-electron chi connectivity index (χ4n) is 3.01. The molecule has 0 saturated carbocycles. The van der Waals surface area contributed by atoms with E-state index in [4.69, 9.17) is 4.74 Å². The molecule has 0 spiro atoms. The van der Waals surface area contributed by atoms with Gasteiger partial charge in [-0.3, -0.25) is 9.78 Å². The van der Waals surface area contributed by atoms with Crippen molar-refractivity contribution in [3.63, 3.8) is 0 Å². The zero-order valence-corrected chi connectivity index (χ0v) is 12.3. The van der Waals surface area contributed by atoms with Crippen molar-refractivity contribution < 1.29 is 13.9 Å². The van der Waals surface area contributed by atoms with Crippen LogP contribution in [0.25, 0.3) is 5.57 Å². The average molecular weight is 297 g/mol. The maximum Gasteiger partial charge on any atom is 0.320 e. The summed E-state index contributed by atoms with van der Waals surface area (Å²) in [4.78, 5) is 16.3. The zero-order chi connectivity index (χ0) is 15.6. The van der Waals surface area contributed by atoms with Crippen LogP contribution in [-0.4, -0.2) is 18.1 Å². The van der Waals surface area contributed by atoms with Gasteiger partial charge in [0.05, 0.1) is 13.3 Å². The number of carbonyl (C=O) groups is 1. The number of hydrogen-bond donors (Lipinski definition) is 0. The second-order valence-corrected chi connectivity index (χ2v) is 5.39. The van der Waals surface area contributed by atoms with Gasteiger partial charge in [0.25, 0.3) is 0 Å². The Balaban J connectivity index is 2.08. The first kappa shape index (κ1) is 14.4. The molecular formula is C18H16FNO2. The maximum atomic E-state index is 13.4. The number of carbonyl (C=O) groups excluding carboxylic acids is 1. The molecule has 0 amide bonds. The Labute approximate surface area is 128 Å². The van der Waals surface area contributed by atoms with Gasteiger partial charge in [-0.05, 0) is 35.6 Å². The second-order valence-electron chi connectivity index (χ2n) is 5.39. The number of hydrogen-bond acceptors (Lipinski definition) is 3. The summed E-state index contributed by atoms with van der Waals surface area (Å²) in [6.07, 6.45) is 5.96. The molecule has 0 radical (unpaired) electrons. The molecule has 1 aromatic heterocycles. The normalized spacial score (nSPS) is 20.5. The molecule has 22 heavy (non-hydrogen) atoms. The van der Waals surface area contributed by atoms with Crippen molar-refractivity contribution in [3.05, 3.63) is 71.8 Å². The molecule has 0 fully saturated rings. The van der Waals surface area contributed by atoms with E-state index in [-0.39, 0.29) is 11.8 Å². The Morgan fingerprint density at radius 2 is 2.05 bits per heavy atom. The van der Waals surface area contributed by atoms with Crippen LogP contribution in [0.5, 0.6) is 0 Å². The number of aromatic nitrogens is 1. The molecule has 1 aliphatic rings. The summed E-state index contributed by atoms with van der Waals surface area (Å²) in [6.45, 7) is 0. The summed E-state index contributed by atoms with van der Waals surface area (Å²) in [5.74, 6) is -0.674. The highest BCUT2D eigenvalue weighted by atomic mass is 19.1. The van der Waals surface area contributed by atoms with Crippen LogP contribution < -0.4 is 0 Å². The molecule has 112 valence electrons. The van der Waals surface area contributed by atoms with Crippen LogP contribution in [0.2, 0.25) is 0 Å². The number of rotatable bonds is 3. The topological polar surface area (TPSA) is 39.2 Å². The van der Waals surface area contributed by atoms with Gasteiger partial charge in [-0.2, -0.15) is 0 Å². The van der Waals surface area contributed by atoms with Gasteiger partial charge in [0, 0.05) is 6.20 Å². The summed E-state index contributed by atoms with van der Waals surface area (Å²) in [5, 5.41) is 0. The van der Waals surface area contributed by atoms with E-state index in [9.17, 15) is 9.18 Å². The molecule has 1 heterocycles. The SMILES string of the molecule is COC(=O)C1(c2ccccc2)C=C(c2cncc(F)c2)CC1. The lowest BCUT2D eigenvalue weighted by Crippen LogP contribution is -2.33. The third-order valence-corrected chi connectivity index (χ3v) is 4.12. The highest BCUT2D eigenvalue weighted by Crippen LogP contribution is 2.43. The number of methoxy groups -OCH3 is 1. The lowest BCUT2D eigenvalue weighted by molar-refractivity contribution is -0.145. The minimum Gasteiger partial charge on any atom is -0.468 e. The predicted molar refractivity (Wildman–Crippen MR) is 81.5 cm³/mol. The van der Waals surface area contributed by atoms with Crippen molar-refractivity contribution in [1.29, 1.82) is 0 Å². The molecule has 2 aromatic rings. The highest BCUT2D eigenvalue weighted by Gasteiger charge is 2.43. The van der Waals surface area contributed by atoms with E-state index in [1.54, 1.807) is 6.20 Å². The van der Waals surface area contributed by atoms with E-state index >= 15 is 0 Å². The summed E-state index contributed by atoms with van der Waals surface area (Å²) in [7, 11) is 1.39. The maximum absolute atomic E-state index is 13.4. The first-order valence-corrected chi connectivity index (χ1v) is 7.12. The van der Waals surface area contributed by atoms with Crippen LogP contribution in [0.3, 0.4) is 0 Å². The van der Waals surface area contributed by atoms with Crippen molar-refractivity contribution in [2.24, 2.45) is 0 Å². The second kappa shape index (κ2) is 5.72. The third kappa shape index (κ3) is 2.41. The molecule has 0 bridgehead atoms. The molecule has 1 atom stereocenters. The first-order valence-electron chi connectivity index (χ1n) is 7.12. The molecule has 4 heteroatoms. The lowest BCUT2D eigenvalue weighted by Gasteiger charge is -2.24. The van der Waals surface area contributed by atoms with Crippen LogP contribution in [0.1, 0.15) is 24.0 Å². The van der Waals surface area contributed by atoms with Crippen LogP contribution in [-0.2, 0) is 14.9 Å². The molecule has 1 unspecified atom stereocenters. The van der Waals surface area contributed by atoms with Gasteiger partial charge in [0.2, 0.25) is 0 Å². The summed E-state index contributed by atoms with van der Waals surface area (Å²) < 4.78 is 18.4. The van der Waals surface area contributed by atoms with Crippen LogP contribution in [0.4, 0.5) is 4.39 Å². The van der Waals surface area contributed by atoms with Crippen molar-refractivity contribution in [2.75, 3.05) is 7.11 Å². The third-order valence-electron chi connectivity index (χ3n) is 4.12. The minimum absolute atomic E-state index is 0.293. The number of allylic oxidation sites excluding steroid dienone is 1. The number of ether oxygens (including phenoxy) is 1. The largest absolute Gasteiger partial charge is 0.468 e. The van der Waals surface area contributed by atoms with E-state index in [0.29, 0.717) is 18.4 Å². The van der Waals surface area contributed by atoms with E-state index in [2.05, 4.69) is 4.98 Å². The Bertz CT molecular complexity index is 727. The van der Waals surface area contributed by atoms with Gasteiger partial charge in [-0.25, -0.2) is 4.39 Å². The molecule has 1 aliphatic carbocycles. The van der Waals surface area contributed by atoms with Gasteiger partial charge in [-0.15, -0.1) is 0 Å². The number of nitrogens with zero attached hydrogens (tertiary/aromatic N) is 1. The lowest BCUT2D eigenvalue weighted by atomic mass is 9.80. The van der Waals surface area contributed by atoms with Crippen molar-refractivity contribution in [3.8, 4) is 0 Å². The fourth-order valence-corrected chi connectivity index (χ4v) is 3.01. The molecule has 3 nitrogen and oxygen atoms in total. The Hall–Kier alpha value is -2.49. The van der Waals surface area contributed by atoms with E-state index < -0.39 is 5.41 Å². The van der Waals surface area contributed by atoms with Crippen molar-refractivity contribution in [2.45, 2.75) is 18.3 Å². The van der Waals surface area contributed by atoms with Gasteiger partial charge >= 0.3 is 5.97 Å². The summed E-state index contributed by atoms with van der Waals surface area (Å²) in [5.41, 5.74) is 1.71. The Morgan fingerprint density at radius 3 is 2.73 bits per heavy atom. The van der Waals surface area contributed by atoms with E-state index in [1.807, 2.05) is 36.4 Å². The van der Waals surface area contributed by atoms with E-state index in [0.717, 1.165) is 11.1 Å². The fraction of sp³-hybridized carbons (Fsp3) is 0.222. The van der Waals surface area contributed by atoms with Gasteiger partial charge in [-0.1, -0.05) is 36.4 Å². The molecule has 3 rings (SSSR count). The summed E-state index contributed by atoms with van der Waals surface area (Å²) in [6, 6.07) is 11.0. The first-order chi connectivity index (χ1) is 10.7. The van der Waals surface area contributed by atoms with Crippen molar-refractivity contribution >= 4 is 11.5 Å². The van der Waals surface area contributed by atoms with Gasteiger partial charge in [0.15, 0.2) is 0 Å². The molecule has 0 N–H and O–H groups in total. The van der Waals surface area contributed by atoms with Crippen LogP contribution >= 0.6 is 0 Å². The Morgan fingerprint density at radius 1 is 1.27 bits per heavy atom. The standard InChI is InChI=1S/C18H16FNO2/c1-22-17(21)18(15-5-3-2-4-6-15)8-7-13(10-18)14-9-16(19)12-20-11-14/h2-6,9-12H,7-8H2,1H3. The summed E-state index contributed by atoms with van der Waals surface area (Å²) >= 11 is 0. The van der Waals surface area contributed by atoms with Gasteiger partial charge < -0.3 is 4.74 Å². The monoisotopic (exact) mass is 297 g/mol. The molecular weight excluding hydrogens is 281 g/mol. The number of benzene rings is 1. The van der Waals surface area contributed by atoms with Crippen LogP contribution in [0.15, 0.2) is 54.9 Å². The number of esters is 1. The van der Waals surface area contributed by atoms with Crippen molar-refractivity contribution in [1.82, 2.24) is 4.98 Å². The molecule has 1 aromatic carbocycles. The molecule has 0 saturated heterocycles. The minimum atomic E-state index is -0.808. The average Bonchev–Trinajstić information content (AvgIpc) is 3.01. The Kier molecular flexibility index (Phi) is 3.75. The van der Waals surface area contributed by atoms with Crippen LogP contribution in [0, 0.1) is 5.82 Å². The number of halogens is 1. The number of pyridine rings is 1. The molecule has 0 aliphatic heterocycles. The predicted octanol–water partition coefficient (Wildman–Crippen LogP) is 3.51. The van der Waals surface area contributed by atoms with Gasteiger partial charge in [0.1, 0.15) is 11.2 Å². The zero-order valence-electron chi connectivity index (χ0n) is 12.3.